The summed E-state index contributed by atoms with van der Waals surface area (Å²) >= 11 is 0. The molecule has 0 saturated carbocycles. The predicted molar refractivity (Wildman–Crippen MR) is 85.3 cm³/mol. The molecule has 0 saturated heterocycles. The number of halogens is 2. The molecule has 22 heavy (non-hydrogen) atoms. The van der Waals surface area contributed by atoms with Gasteiger partial charge in [0.05, 0.1) is 6.61 Å². The zero-order valence-corrected chi connectivity index (χ0v) is 13.2. The molecule has 0 radical (unpaired) electrons. The largest absolute Gasteiger partial charge is 0.493 e. The van der Waals surface area contributed by atoms with E-state index in [0.29, 0.717) is 23.5 Å². The van der Waals surface area contributed by atoms with Crippen LogP contribution in [0.1, 0.15) is 17.5 Å². The van der Waals surface area contributed by atoms with Crippen molar-refractivity contribution in [1.29, 1.82) is 0 Å². The highest BCUT2D eigenvalue weighted by Gasteiger charge is 2.19. The van der Waals surface area contributed by atoms with Crippen LogP contribution in [0.3, 0.4) is 0 Å². The highest BCUT2D eigenvalue weighted by atomic mass is 19.1. The second-order valence-electron chi connectivity index (χ2n) is 5.35. The smallest absolute Gasteiger partial charge is 0.130 e. The molecule has 0 aliphatic carbocycles. The Morgan fingerprint density at radius 1 is 1.00 bits per heavy atom. The molecule has 3 rings (SSSR count). The Balaban J connectivity index is 0.000000545. The fraction of sp³-hybridized carbons (Fsp3) is 0.333. The Morgan fingerprint density at radius 3 is 2.41 bits per heavy atom. The normalized spacial score (nSPS) is 12.8. The minimum atomic E-state index is -0.325. The first kappa shape index (κ1) is 16.4. The predicted octanol–water partition coefficient (Wildman–Crippen LogP) is 4.10. The summed E-state index contributed by atoms with van der Waals surface area (Å²) < 4.78 is 32.8. The average molecular weight is 305 g/mol. The standard InChI is InChI=1S/C16H14F2O.C2H7N/c1-10-4-5-12(17)8-14(10)15-9-13(18)7-11-3-2-6-19-16(11)15;1-3-2/h4-5,7-9H,2-3,6H2,1H3;3H,1-2H3. The van der Waals surface area contributed by atoms with Gasteiger partial charge in [-0.15, -0.1) is 0 Å². The quantitative estimate of drug-likeness (QED) is 0.856. The molecule has 0 aromatic heterocycles. The maximum atomic E-state index is 13.7. The number of aryl methyl sites for hydroxylation is 2. The van der Waals surface area contributed by atoms with Crippen LogP contribution in [0.5, 0.6) is 5.75 Å². The number of fused-ring (bicyclic) bond motifs is 1. The summed E-state index contributed by atoms with van der Waals surface area (Å²) in [7, 11) is 3.75. The van der Waals surface area contributed by atoms with E-state index in [-0.39, 0.29) is 11.6 Å². The van der Waals surface area contributed by atoms with E-state index < -0.39 is 0 Å². The van der Waals surface area contributed by atoms with Crippen LogP contribution in [0.15, 0.2) is 30.3 Å². The molecule has 118 valence electrons. The van der Waals surface area contributed by atoms with Crippen LogP contribution < -0.4 is 10.1 Å². The molecule has 0 bridgehead atoms. The molecule has 0 fully saturated rings. The Bertz CT molecular complexity index is 656. The van der Waals surface area contributed by atoms with Gasteiger partial charge in [-0.05, 0) is 74.8 Å². The Hall–Kier alpha value is -1.94. The van der Waals surface area contributed by atoms with E-state index in [1.54, 1.807) is 6.07 Å². The van der Waals surface area contributed by atoms with Gasteiger partial charge in [-0.1, -0.05) is 6.07 Å². The van der Waals surface area contributed by atoms with E-state index in [2.05, 4.69) is 5.32 Å². The number of benzene rings is 2. The number of ether oxygens (including phenoxy) is 1. The third kappa shape index (κ3) is 3.63. The van der Waals surface area contributed by atoms with Crippen LogP contribution in [0.2, 0.25) is 0 Å². The summed E-state index contributed by atoms with van der Waals surface area (Å²) in [6.07, 6.45) is 1.69. The first-order valence-corrected chi connectivity index (χ1v) is 7.37. The van der Waals surface area contributed by atoms with Crippen LogP contribution in [0, 0.1) is 18.6 Å². The molecule has 1 heterocycles. The maximum Gasteiger partial charge on any atom is 0.130 e. The minimum absolute atomic E-state index is 0.303. The van der Waals surface area contributed by atoms with Crippen molar-refractivity contribution in [2.24, 2.45) is 0 Å². The lowest BCUT2D eigenvalue weighted by Gasteiger charge is -2.21. The molecule has 2 nitrogen and oxygen atoms in total. The van der Waals surface area contributed by atoms with Crippen LogP contribution >= 0.6 is 0 Å². The zero-order valence-electron chi connectivity index (χ0n) is 13.2. The summed E-state index contributed by atoms with van der Waals surface area (Å²) in [4.78, 5) is 0. The first-order chi connectivity index (χ1) is 10.6. The van der Waals surface area contributed by atoms with Crippen molar-refractivity contribution in [2.45, 2.75) is 19.8 Å². The second-order valence-corrected chi connectivity index (χ2v) is 5.35. The molecule has 4 heteroatoms. The SMILES string of the molecule is CNC.Cc1ccc(F)cc1-c1cc(F)cc2c1OCCC2. The lowest BCUT2D eigenvalue weighted by molar-refractivity contribution is 0.289. The van der Waals surface area contributed by atoms with Gasteiger partial charge < -0.3 is 10.1 Å². The van der Waals surface area contributed by atoms with Gasteiger partial charge in [-0.2, -0.15) is 0 Å². The molecular formula is C18H21F2NO. The zero-order chi connectivity index (χ0) is 16.1. The lowest BCUT2D eigenvalue weighted by Crippen LogP contribution is -2.10. The molecule has 0 unspecified atom stereocenters. The van der Waals surface area contributed by atoms with Crippen molar-refractivity contribution < 1.29 is 13.5 Å². The summed E-state index contributed by atoms with van der Waals surface area (Å²) in [6, 6.07) is 7.47. The van der Waals surface area contributed by atoms with Crippen LogP contribution in [-0.2, 0) is 6.42 Å². The van der Waals surface area contributed by atoms with Gasteiger partial charge in [0, 0.05) is 5.56 Å². The molecule has 1 aliphatic heterocycles. The molecule has 0 spiro atoms. The lowest BCUT2D eigenvalue weighted by atomic mass is 9.94. The van der Waals surface area contributed by atoms with Gasteiger partial charge in [0.2, 0.25) is 0 Å². The Labute approximate surface area is 130 Å². The monoisotopic (exact) mass is 305 g/mol. The number of hydrogen-bond acceptors (Lipinski definition) is 2. The van der Waals surface area contributed by atoms with Gasteiger partial charge in [0.25, 0.3) is 0 Å². The number of rotatable bonds is 1. The fourth-order valence-electron chi connectivity index (χ4n) is 2.53. The van der Waals surface area contributed by atoms with Gasteiger partial charge in [-0.3, -0.25) is 0 Å². The van der Waals surface area contributed by atoms with Crippen molar-refractivity contribution in [1.82, 2.24) is 5.32 Å². The van der Waals surface area contributed by atoms with Crippen molar-refractivity contribution in [2.75, 3.05) is 20.7 Å². The van der Waals surface area contributed by atoms with Gasteiger partial charge in [-0.25, -0.2) is 8.78 Å². The van der Waals surface area contributed by atoms with E-state index in [9.17, 15) is 8.78 Å². The highest BCUT2D eigenvalue weighted by molar-refractivity contribution is 5.75. The first-order valence-electron chi connectivity index (χ1n) is 7.37. The second kappa shape index (κ2) is 7.36. The molecule has 0 amide bonds. The van der Waals surface area contributed by atoms with Gasteiger partial charge in [0.1, 0.15) is 17.4 Å². The molecular weight excluding hydrogens is 284 g/mol. The average Bonchev–Trinajstić information content (AvgIpc) is 2.49. The third-order valence-electron chi connectivity index (χ3n) is 3.46. The molecule has 2 aromatic rings. The summed E-state index contributed by atoms with van der Waals surface area (Å²) in [5, 5.41) is 2.75. The van der Waals surface area contributed by atoms with Crippen molar-refractivity contribution >= 4 is 0 Å². The van der Waals surface area contributed by atoms with Crippen LogP contribution in [-0.4, -0.2) is 20.7 Å². The van der Waals surface area contributed by atoms with E-state index in [1.807, 2.05) is 21.0 Å². The minimum Gasteiger partial charge on any atom is -0.493 e. The third-order valence-corrected chi connectivity index (χ3v) is 3.46. The molecule has 1 N–H and O–H groups in total. The summed E-state index contributed by atoms with van der Waals surface area (Å²) in [5.41, 5.74) is 3.11. The topological polar surface area (TPSA) is 21.3 Å². The molecule has 1 aliphatic rings. The van der Waals surface area contributed by atoms with Gasteiger partial charge >= 0.3 is 0 Å². The van der Waals surface area contributed by atoms with E-state index >= 15 is 0 Å². The Morgan fingerprint density at radius 2 is 1.68 bits per heavy atom. The highest BCUT2D eigenvalue weighted by Crippen LogP contribution is 2.38. The van der Waals surface area contributed by atoms with E-state index in [4.69, 9.17) is 4.74 Å². The van der Waals surface area contributed by atoms with Gasteiger partial charge in [0.15, 0.2) is 0 Å². The van der Waals surface area contributed by atoms with Crippen molar-refractivity contribution in [3.63, 3.8) is 0 Å². The number of nitrogens with one attached hydrogen (secondary N) is 1. The summed E-state index contributed by atoms with van der Waals surface area (Å²) in [6.45, 7) is 2.51. The van der Waals surface area contributed by atoms with E-state index in [1.165, 1.54) is 24.3 Å². The van der Waals surface area contributed by atoms with Crippen molar-refractivity contribution in [3.8, 4) is 16.9 Å². The summed E-state index contributed by atoms with van der Waals surface area (Å²) in [5.74, 6) is 0.0682. The van der Waals surface area contributed by atoms with Crippen molar-refractivity contribution in [3.05, 3.63) is 53.1 Å². The Kier molecular flexibility index (Phi) is 5.50. The van der Waals surface area contributed by atoms with Crippen LogP contribution in [0.25, 0.3) is 11.1 Å². The number of hydrogen-bond donors (Lipinski definition) is 1. The fourth-order valence-corrected chi connectivity index (χ4v) is 2.53. The molecule has 0 atom stereocenters. The maximum absolute atomic E-state index is 13.7. The van der Waals surface area contributed by atoms with Crippen LogP contribution in [0.4, 0.5) is 8.78 Å². The van der Waals surface area contributed by atoms with E-state index in [0.717, 1.165) is 24.0 Å². The molecule has 2 aromatic carbocycles.